The van der Waals surface area contributed by atoms with Crippen LogP contribution in [0.2, 0.25) is 0 Å². The number of hydrogen-bond acceptors (Lipinski definition) is 4. The van der Waals surface area contributed by atoms with Gasteiger partial charge in [-0.25, -0.2) is 4.98 Å². The highest BCUT2D eigenvalue weighted by Crippen LogP contribution is 2.20. The first-order valence-corrected chi connectivity index (χ1v) is 10.3. The summed E-state index contributed by atoms with van der Waals surface area (Å²) in [5.41, 5.74) is 3.03. The maximum absolute atomic E-state index is 12.4. The van der Waals surface area contributed by atoms with E-state index < -0.39 is 0 Å². The predicted octanol–water partition coefficient (Wildman–Crippen LogP) is 3.92. The fraction of sp³-hybridized carbons (Fsp3) is 0.391. The third-order valence-corrected chi connectivity index (χ3v) is 5.03. The normalized spacial score (nSPS) is 11.3. The largest absolute Gasteiger partial charge is 0.376 e. The van der Waals surface area contributed by atoms with Gasteiger partial charge in [0, 0.05) is 13.1 Å². The summed E-state index contributed by atoms with van der Waals surface area (Å²) in [5.74, 6) is 0.517. The van der Waals surface area contributed by atoms with Crippen molar-refractivity contribution >= 4 is 22.9 Å². The molecule has 0 aliphatic carbocycles. The lowest BCUT2D eigenvalue weighted by molar-refractivity contribution is -0.117. The lowest BCUT2D eigenvalue weighted by Crippen LogP contribution is -2.27. The zero-order valence-electron chi connectivity index (χ0n) is 17.3. The summed E-state index contributed by atoms with van der Waals surface area (Å²) in [7, 11) is 0. The van der Waals surface area contributed by atoms with Gasteiger partial charge in [-0.05, 0) is 30.8 Å². The van der Waals surface area contributed by atoms with E-state index in [2.05, 4.69) is 33.6 Å². The number of aromatic nitrogens is 2. The summed E-state index contributed by atoms with van der Waals surface area (Å²) in [6.07, 6.45) is 0.298. The number of amides is 1. The van der Waals surface area contributed by atoms with Crippen LogP contribution in [-0.4, -0.2) is 46.6 Å². The SMILES string of the molecule is CCN(CC)CCn1c(NC(=O)CCOCc2ccccc2)nc2ccccc21. The molecule has 0 saturated heterocycles. The van der Waals surface area contributed by atoms with E-state index in [0.29, 0.717) is 25.6 Å². The molecular weight excluding hydrogens is 364 g/mol. The van der Waals surface area contributed by atoms with Crippen LogP contribution in [0.15, 0.2) is 54.6 Å². The summed E-state index contributed by atoms with van der Waals surface area (Å²) < 4.78 is 7.72. The Labute approximate surface area is 172 Å². The van der Waals surface area contributed by atoms with E-state index in [9.17, 15) is 4.79 Å². The standard InChI is InChI=1S/C23H30N4O2/c1-3-26(4-2)15-16-27-21-13-9-8-12-20(21)24-23(27)25-22(28)14-17-29-18-19-10-6-5-7-11-19/h5-13H,3-4,14-18H2,1-2H3,(H,24,25,28). The maximum atomic E-state index is 12.4. The van der Waals surface area contributed by atoms with Gasteiger partial charge in [0.15, 0.2) is 0 Å². The van der Waals surface area contributed by atoms with E-state index in [1.807, 2.05) is 54.6 Å². The van der Waals surface area contributed by atoms with Gasteiger partial charge in [-0.3, -0.25) is 10.1 Å². The Hall–Kier alpha value is -2.70. The first-order chi connectivity index (χ1) is 14.2. The highest BCUT2D eigenvalue weighted by molar-refractivity contribution is 5.91. The maximum Gasteiger partial charge on any atom is 0.229 e. The number of likely N-dealkylation sites (N-methyl/N-ethyl adjacent to an activating group) is 1. The number of para-hydroxylation sites is 2. The van der Waals surface area contributed by atoms with Gasteiger partial charge in [-0.1, -0.05) is 56.3 Å². The van der Waals surface area contributed by atoms with Crippen molar-refractivity contribution in [1.29, 1.82) is 0 Å². The average Bonchev–Trinajstić information content (AvgIpc) is 3.10. The van der Waals surface area contributed by atoms with Crippen LogP contribution in [0.5, 0.6) is 0 Å². The van der Waals surface area contributed by atoms with Crippen molar-refractivity contribution in [3.05, 3.63) is 60.2 Å². The van der Waals surface area contributed by atoms with E-state index >= 15 is 0 Å². The van der Waals surface area contributed by atoms with Gasteiger partial charge >= 0.3 is 0 Å². The molecule has 0 aliphatic heterocycles. The molecule has 0 bridgehead atoms. The number of carbonyl (C=O) groups is 1. The lowest BCUT2D eigenvalue weighted by atomic mass is 10.2. The molecule has 6 nitrogen and oxygen atoms in total. The molecule has 0 aliphatic rings. The summed E-state index contributed by atoms with van der Waals surface area (Å²) in [4.78, 5) is 19.4. The number of imidazole rings is 1. The lowest BCUT2D eigenvalue weighted by Gasteiger charge is -2.19. The molecular formula is C23H30N4O2. The molecule has 0 fully saturated rings. The summed E-state index contributed by atoms with van der Waals surface area (Å²) >= 11 is 0. The zero-order chi connectivity index (χ0) is 20.5. The van der Waals surface area contributed by atoms with Gasteiger partial charge in [-0.2, -0.15) is 0 Å². The monoisotopic (exact) mass is 394 g/mol. The first-order valence-electron chi connectivity index (χ1n) is 10.3. The molecule has 1 N–H and O–H groups in total. The van der Waals surface area contributed by atoms with Gasteiger partial charge in [0.05, 0.1) is 30.7 Å². The highest BCUT2D eigenvalue weighted by atomic mass is 16.5. The van der Waals surface area contributed by atoms with E-state index in [-0.39, 0.29) is 5.91 Å². The molecule has 0 unspecified atom stereocenters. The molecule has 1 aromatic heterocycles. The van der Waals surface area contributed by atoms with Gasteiger partial charge in [-0.15, -0.1) is 0 Å². The van der Waals surface area contributed by atoms with Crippen molar-refractivity contribution in [2.24, 2.45) is 0 Å². The van der Waals surface area contributed by atoms with Gasteiger partial charge < -0.3 is 14.2 Å². The number of nitrogens with zero attached hydrogens (tertiary/aromatic N) is 3. The summed E-state index contributed by atoms with van der Waals surface area (Å²) in [6, 6.07) is 17.9. The number of ether oxygens (including phenoxy) is 1. The minimum Gasteiger partial charge on any atom is -0.376 e. The number of nitrogens with one attached hydrogen (secondary N) is 1. The number of fused-ring (bicyclic) bond motifs is 1. The molecule has 0 spiro atoms. The van der Waals surface area contributed by atoms with Crippen molar-refractivity contribution in [3.63, 3.8) is 0 Å². The molecule has 3 aromatic rings. The number of carbonyl (C=O) groups excluding carboxylic acids is 1. The van der Waals surface area contributed by atoms with E-state index in [0.717, 1.165) is 42.8 Å². The number of rotatable bonds is 11. The van der Waals surface area contributed by atoms with E-state index in [1.54, 1.807) is 0 Å². The number of anilines is 1. The topological polar surface area (TPSA) is 59.4 Å². The Kier molecular flexibility index (Phi) is 7.78. The van der Waals surface area contributed by atoms with Gasteiger partial charge in [0.1, 0.15) is 0 Å². The molecule has 1 heterocycles. The number of hydrogen-bond donors (Lipinski definition) is 1. The predicted molar refractivity (Wildman–Crippen MR) is 117 cm³/mol. The smallest absolute Gasteiger partial charge is 0.229 e. The van der Waals surface area contributed by atoms with Crippen molar-refractivity contribution in [1.82, 2.24) is 14.5 Å². The fourth-order valence-electron chi connectivity index (χ4n) is 3.29. The van der Waals surface area contributed by atoms with Crippen molar-refractivity contribution < 1.29 is 9.53 Å². The average molecular weight is 395 g/mol. The van der Waals surface area contributed by atoms with Crippen LogP contribution in [0.25, 0.3) is 11.0 Å². The Morgan fingerprint density at radius 3 is 2.55 bits per heavy atom. The third kappa shape index (κ3) is 5.89. The molecule has 3 rings (SSSR count). The summed E-state index contributed by atoms with van der Waals surface area (Å²) in [6.45, 7) is 8.91. The van der Waals surface area contributed by atoms with E-state index in [1.165, 1.54) is 0 Å². The second-order valence-corrected chi connectivity index (χ2v) is 6.94. The van der Waals surface area contributed by atoms with Crippen molar-refractivity contribution in [2.45, 2.75) is 33.4 Å². The molecule has 29 heavy (non-hydrogen) atoms. The van der Waals surface area contributed by atoms with Crippen LogP contribution in [0, 0.1) is 0 Å². The van der Waals surface area contributed by atoms with Crippen LogP contribution < -0.4 is 5.32 Å². The van der Waals surface area contributed by atoms with Gasteiger partial charge in [0.2, 0.25) is 11.9 Å². The molecule has 0 saturated carbocycles. The Balaban J connectivity index is 1.59. The molecule has 154 valence electrons. The molecule has 2 aromatic carbocycles. The second-order valence-electron chi connectivity index (χ2n) is 6.94. The van der Waals surface area contributed by atoms with Crippen LogP contribution >= 0.6 is 0 Å². The van der Waals surface area contributed by atoms with Gasteiger partial charge in [0.25, 0.3) is 0 Å². The molecule has 0 radical (unpaired) electrons. The second kappa shape index (κ2) is 10.7. The minimum atomic E-state index is -0.0857. The van der Waals surface area contributed by atoms with Crippen molar-refractivity contribution in [2.75, 3.05) is 31.6 Å². The van der Waals surface area contributed by atoms with Crippen molar-refractivity contribution in [3.8, 4) is 0 Å². The highest BCUT2D eigenvalue weighted by Gasteiger charge is 2.14. The third-order valence-electron chi connectivity index (χ3n) is 5.03. The number of benzene rings is 2. The van der Waals surface area contributed by atoms with Crippen LogP contribution in [-0.2, 0) is 22.7 Å². The summed E-state index contributed by atoms with van der Waals surface area (Å²) in [5, 5.41) is 2.97. The van der Waals surface area contributed by atoms with Crippen LogP contribution in [0.4, 0.5) is 5.95 Å². The fourth-order valence-corrected chi connectivity index (χ4v) is 3.29. The molecule has 0 atom stereocenters. The molecule has 1 amide bonds. The zero-order valence-corrected chi connectivity index (χ0v) is 17.3. The Morgan fingerprint density at radius 2 is 1.79 bits per heavy atom. The van der Waals surface area contributed by atoms with E-state index in [4.69, 9.17) is 4.74 Å². The first kappa shape index (κ1) is 21.0. The quantitative estimate of drug-likeness (QED) is 0.501. The Morgan fingerprint density at radius 1 is 1.07 bits per heavy atom. The Bertz CT molecular complexity index is 904. The van der Waals surface area contributed by atoms with Crippen LogP contribution in [0.3, 0.4) is 0 Å². The van der Waals surface area contributed by atoms with Crippen LogP contribution in [0.1, 0.15) is 25.8 Å². The molecule has 6 heteroatoms. The minimum absolute atomic E-state index is 0.0857.